The number of nitrogens with zero attached hydrogens (tertiary/aromatic N) is 2. The first-order valence-electron chi connectivity index (χ1n) is 8.23. The van der Waals surface area contributed by atoms with Crippen LogP contribution in [0.4, 0.5) is 5.69 Å². The molecule has 0 aliphatic carbocycles. The van der Waals surface area contributed by atoms with Gasteiger partial charge >= 0.3 is 0 Å². The van der Waals surface area contributed by atoms with Crippen LogP contribution in [0.2, 0.25) is 10.0 Å². The summed E-state index contributed by atoms with van der Waals surface area (Å²) >= 11 is 11.9. The lowest BCUT2D eigenvalue weighted by atomic mass is 10.1. The zero-order chi connectivity index (χ0) is 18.8. The summed E-state index contributed by atoms with van der Waals surface area (Å²) in [6.07, 6.45) is 2.15. The minimum Gasteiger partial charge on any atom is -0.507 e. The maximum Gasteiger partial charge on any atom is 0.199 e. The predicted octanol–water partition coefficient (Wildman–Crippen LogP) is 6.18. The van der Waals surface area contributed by atoms with Crippen LogP contribution in [0.5, 0.6) is 5.75 Å². The Kier molecular flexibility index (Phi) is 4.84. The first-order valence-corrected chi connectivity index (χ1v) is 8.99. The van der Waals surface area contributed by atoms with E-state index in [0.717, 1.165) is 11.1 Å². The van der Waals surface area contributed by atoms with Gasteiger partial charge in [-0.2, -0.15) is 0 Å². The van der Waals surface area contributed by atoms with Crippen LogP contribution in [-0.4, -0.2) is 16.3 Å². The first kappa shape index (κ1) is 17.6. The first-order chi connectivity index (χ1) is 13.1. The topological polar surface area (TPSA) is 58.6 Å². The van der Waals surface area contributed by atoms with Crippen LogP contribution < -0.4 is 0 Å². The monoisotopic (exact) mass is 396 g/mol. The molecule has 0 saturated carbocycles. The highest BCUT2D eigenvalue weighted by atomic mass is 35.5. The fourth-order valence-electron chi connectivity index (χ4n) is 2.67. The van der Waals surface area contributed by atoms with Crippen LogP contribution in [0.25, 0.3) is 11.1 Å². The van der Waals surface area contributed by atoms with E-state index in [1.54, 1.807) is 18.3 Å². The molecular weight excluding hydrogens is 383 g/mol. The van der Waals surface area contributed by atoms with Gasteiger partial charge in [-0.25, -0.2) is 4.98 Å². The maximum atomic E-state index is 9.86. The van der Waals surface area contributed by atoms with E-state index in [9.17, 15) is 5.11 Å². The number of hydrogen-bond donors (Lipinski definition) is 1. The van der Waals surface area contributed by atoms with Gasteiger partial charge in [0.25, 0.3) is 0 Å². The Morgan fingerprint density at radius 3 is 2.56 bits per heavy atom. The highest BCUT2D eigenvalue weighted by Crippen LogP contribution is 2.25. The number of fused-ring (bicyclic) bond motifs is 1. The second kappa shape index (κ2) is 7.43. The molecule has 6 heteroatoms. The van der Waals surface area contributed by atoms with Gasteiger partial charge in [-0.05, 0) is 54.1 Å². The fraction of sp³-hybridized carbons (Fsp3) is 0.0476. The molecule has 4 aromatic rings. The van der Waals surface area contributed by atoms with Gasteiger partial charge < -0.3 is 9.52 Å². The molecule has 0 atom stereocenters. The average molecular weight is 397 g/mol. The molecule has 0 fully saturated rings. The summed E-state index contributed by atoms with van der Waals surface area (Å²) in [5.74, 6) is 0.747. The maximum absolute atomic E-state index is 9.86. The van der Waals surface area contributed by atoms with E-state index in [2.05, 4.69) is 9.98 Å². The van der Waals surface area contributed by atoms with Crippen molar-refractivity contribution in [1.29, 1.82) is 0 Å². The Balaban J connectivity index is 1.58. The van der Waals surface area contributed by atoms with E-state index in [1.165, 1.54) is 6.07 Å². The highest BCUT2D eigenvalue weighted by molar-refractivity contribution is 6.31. The van der Waals surface area contributed by atoms with Crippen molar-refractivity contribution in [3.63, 3.8) is 0 Å². The van der Waals surface area contributed by atoms with Gasteiger partial charge in [0.05, 0.1) is 5.69 Å². The molecule has 0 bridgehead atoms. The van der Waals surface area contributed by atoms with Gasteiger partial charge in [0, 0.05) is 28.2 Å². The quantitative estimate of drug-likeness (QED) is 0.418. The lowest BCUT2D eigenvalue weighted by Gasteiger charge is -1.99. The molecular formula is C21H14Cl2N2O2. The standard InChI is InChI=1S/C21H14Cl2N2O2/c22-15-3-1-13(2-4-15)9-21-25-18-11-17(6-8-20(18)27-21)24-12-14-10-16(23)5-7-19(14)26/h1-8,10-12,26H,9H2. The number of hydrogen-bond acceptors (Lipinski definition) is 4. The van der Waals surface area contributed by atoms with Crippen molar-refractivity contribution in [2.24, 2.45) is 4.99 Å². The van der Waals surface area contributed by atoms with Crippen molar-refractivity contribution in [2.45, 2.75) is 6.42 Å². The Morgan fingerprint density at radius 2 is 1.74 bits per heavy atom. The number of aromatic hydroxyl groups is 1. The van der Waals surface area contributed by atoms with Crippen LogP contribution in [-0.2, 0) is 6.42 Å². The molecule has 0 spiro atoms. The molecule has 0 radical (unpaired) electrons. The molecule has 1 heterocycles. The van der Waals surface area contributed by atoms with Crippen molar-refractivity contribution >= 4 is 46.2 Å². The van der Waals surface area contributed by atoms with Crippen LogP contribution in [0.15, 0.2) is 70.1 Å². The summed E-state index contributed by atoms with van der Waals surface area (Å²) in [4.78, 5) is 8.93. The molecule has 0 aliphatic heterocycles. The van der Waals surface area contributed by atoms with Gasteiger partial charge in [0.15, 0.2) is 11.5 Å². The Morgan fingerprint density at radius 1 is 0.963 bits per heavy atom. The summed E-state index contributed by atoms with van der Waals surface area (Å²) < 4.78 is 5.80. The van der Waals surface area contributed by atoms with Crippen molar-refractivity contribution < 1.29 is 9.52 Å². The van der Waals surface area contributed by atoms with Crippen LogP contribution in [0.1, 0.15) is 17.0 Å². The zero-order valence-corrected chi connectivity index (χ0v) is 15.6. The molecule has 0 amide bonds. The molecule has 27 heavy (non-hydrogen) atoms. The minimum atomic E-state index is 0.121. The predicted molar refractivity (Wildman–Crippen MR) is 109 cm³/mol. The van der Waals surface area contributed by atoms with Gasteiger partial charge in [0.2, 0.25) is 0 Å². The number of oxazole rings is 1. The normalized spacial score (nSPS) is 11.5. The Labute approximate surface area is 165 Å². The van der Waals surface area contributed by atoms with Crippen LogP contribution >= 0.6 is 23.2 Å². The van der Waals surface area contributed by atoms with Crippen LogP contribution in [0, 0.1) is 0 Å². The highest BCUT2D eigenvalue weighted by Gasteiger charge is 2.08. The SMILES string of the molecule is Oc1ccc(Cl)cc1C=Nc1ccc2oc(Cc3ccc(Cl)cc3)nc2c1. The smallest absolute Gasteiger partial charge is 0.199 e. The molecule has 1 aromatic heterocycles. The van der Waals surface area contributed by atoms with Gasteiger partial charge in [0.1, 0.15) is 11.3 Å². The van der Waals surface area contributed by atoms with Crippen molar-refractivity contribution in [2.75, 3.05) is 0 Å². The summed E-state index contributed by atoms with van der Waals surface area (Å²) in [6.45, 7) is 0. The summed E-state index contributed by atoms with van der Waals surface area (Å²) in [5, 5.41) is 11.1. The second-order valence-corrected chi connectivity index (χ2v) is 6.90. The summed E-state index contributed by atoms with van der Waals surface area (Å²) in [7, 11) is 0. The van der Waals surface area contributed by atoms with Crippen molar-refractivity contribution in [3.05, 3.63) is 87.7 Å². The summed E-state index contributed by atoms with van der Waals surface area (Å²) in [5.41, 5.74) is 3.74. The summed E-state index contributed by atoms with van der Waals surface area (Å²) in [6, 6.07) is 17.9. The zero-order valence-electron chi connectivity index (χ0n) is 14.1. The van der Waals surface area contributed by atoms with E-state index >= 15 is 0 Å². The number of halogens is 2. The van der Waals surface area contributed by atoms with E-state index in [-0.39, 0.29) is 5.75 Å². The van der Waals surface area contributed by atoms with Crippen molar-refractivity contribution in [3.8, 4) is 5.75 Å². The lowest BCUT2D eigenvalue weighted by Crippen LogP contribution is -1.87. The van der Waals surface area contributed by atoms with Gasteiger partial charge in [-0.15, -0.1) is 0 Å². The van der Waals surface area contributed by atoms with Crippen LogP contribution in [0.3, 0.4) is 0 Å². The van der Waals surface area contributed by atoms with E-state index in [1.807, 2.05) is 42.5 Å². The molecule has 4 nitrogen and oxygen atoms in total. The fourth-order valence-corrected chi connectivity index (χ4v) is 2.98. The Hall–Kier alpha value is -2.82. The molecule has 134 valence electrons. The lowest BCUT2D eigenvalue weighted by molar-refractivity contribution is 0.474. The molecule has 0 saturated heterocycles. The number of aliphatic imine (C=N–C) groups is 1. The minimum absolute atomic E-state index is 0.121. The molecule has 1 N–H and O–H groups in total. The third-order valence-electron chi connectivity index (χ3n) is 4.03. The third kappa shape index (κ3) is 4.13. The number of benzene rings is 3. The number of phenols is 1. The average Bonchev–Trinajstić information content (AvgIpc) is 3.06. The van der Waals surface area contributed by atoms with E-state index in [4.69, 9.17) is 27.6 Å². The molecule has 0 aliphatic rings. The number of phenolic OH excluding ortho intramolecular Hbond substituents is 1. The number of rotatable bonds is 4. The number of aromatic nitrogens is 1. The van der Waals surface area contributed by atoms with E-state index in [0.29, 0.717) is 39.2 Å². The largest absolute Gasteiger partial charge is 0.507 e. The second-order valence-electron chi connectivity index (χ2n) is 6.02. The van der Waals surface area contributed by atoms with Gasteiger partial charge in [-0.1, -0.05) is 35.3 Å². The molecule has 3 aromatic carbocycles. The molecule has 0 unspecified atom stereocenters. The van der Waals surface area contributed by atoms with Gasteiger partial charge in [-0.3, -0.25) is 4.99 Å². The Bertz CT molecular complexity index is 1130. The van der Waals surface area contributed by atoms with Crippen molar-refractivity contribution in [1.82, 2.24) is 4.98 Å². The third-order valence-corrected chi connectivity index (χ3v) is 4.51. The van der Waals surface area contributed by atoms with E-state index < -0.39 is 0 Å². The molecule has 4 rings (SSSR count).